The van der Waals surface area contributed by atoms with Crippen molar-refractivity contribution in [1.29, 1.82) is 0 Å². The maximum Gasteiger partial charge on any atom is 0.165 e. The number of rotatable bonds is 3. The van der Waals surface area contributed by atoms with Crippen molar-refractivity contribution in [3.8, 4) is 11.5 Å². The van der Waals surface area contributed by atoms with Crippen LogP contribution in [0.1, 0.15) is 31.9 Å². The van der Waals surface area contributed by atoms with Crippen LogP contribution in [0.5, 0.6) is 0 Å². The molecule has 0 amide bonds. The van der Waals surface area contributed by atoms with Crippen LogP contribution in [-0.2, 0) is 15.4 Å². The number of nitrogens with two attached hydrogens (primary N) is 1. The van der Waals surface area contributed by atoms with E-state index in [0.29, 0.717) is 27.6 Å². The van der Waals surface area contributed by atoms with Gasteiger partial charge in [0, 0.05) is 29.0 Å². The van der Waals surface area contributed by atoms with E-state index >= 15 is 4.39 Å². The highest BCUT2D eigenvalue weighted by atomic mass is 35.5. The predicted molar refractivity (Wildman–Crippen MR) is 151 cm³/mol. The Bertz CT molecular complexity index is 1620. The molecule has 0 saturated heterocycles. The number of amidine groups is 1. The monoisotopic (exact) mass is 557 g/mol. The first-order valence-corrected chi connectivity index (χ1v) is 17.2. The number of anilines is 2. The minimum Gasteiger partial charge on any atom is -0.386 e. The number of nitrogens with one attached hydrogen (secondary N) is 1. The van der Waals surface area contributed by atoms with Crippen molar-refractivity contribution in [2.75, 3.05) is 11.1 Å². The van der Waals surface area contributed by atoms with Crippen molar-refractivity contribution >= 4 is 57.8 Å². The van der Waals surface area contributed by atoms with Gasteiger partial charge in [-0.05, 0) is 45.0 Å². The summed E-state index contributed by atoms with van der Waals surface area (Å²) in [5, 5.41) is 4.39. The summed E-state index contributed by atoms with van der Waals surface area (Å²) in [5.74, 6) is 2.63. The summed E-state index contributed by atoms with van der Waals surface area (Å²) in [4.78, 5) is 13.4. The number of halogens is 2. The number of benzene rings is 1. The molecular formula is C26H29ClFN5O2SSi. The third-order valence-electron chi connectivity index (χ3n) is 6.31. The third kappa shape index (κ3) is 5.21. The molecule has 1 aliphatic heterocycles. The maximum atomic E-state index is 15.1. The molecule has 0 fully saturated rings. The molecule has 3 heterocycles. The van der Waals surface area contributed by atoms with E-state index in [4.69, 9.17) is 17.3 Å². The van der Waals surface area contributed by atoms with Gasteiger partial charge in [0.15, 0.2) is 15.7 Å². The number of nitrogens with zero attached hydrogens (tertiary/aromatic N) is 3. The number of fused-ring (bicyclic) bond motifs is 1. The number of pyridine rings is 2. The van der Waals surface area contributed by atoms with Crippen molar-refractivity contribution in [3.63, 3.8) is 0 Å². The van der Waals surface area contributed by atoms with E-state index in [0.717, 1.165) is 5.39 Å². The van der Waals surface area contributed by atoms with E-state index in [9.17, 15) is 8.42 Å². The summed E-state index contributed by atoms with van der Waals surface area (Å²) in [6, 6.07) is 6.12. The predicted octanol–water partition coefficient (Wildman–Crippen LogP) is 5.17. The Hall–Kier alpha value is -3.00. The van der Waals surface area contributed by atoms with Crippen LogP contribution in [0.4, 0.5) is 15.9 Å². The molecule has 37 heavy (non-hydrogen) atoms. The smallest absolute Gasteiger partial charge is 0.165 e. The first-order valence-electron chi connectivity index (χ1n) is 11.6. The molecule has 1 aromatic carbocycles. The Labute approximate surface area is 222 Å². The molecule has 0 aliphatic carbocycles. The van der Waals surface area contributed by atoms with E-state index in [-0.39, 0.29) is 17.2 Å². The summed E-state index contributed by atoms with van der Waals surface area (Å²) >= 11 is 6.23. The van der Waals surface area contributed by atoms with Crippen LogP contribution in [0.2, 0.25) is 24.7 Å². The highest BCUT2D eigenvalue weighted by molar-refractivity contribution is 7.93. The van der Waals surface area contributed by atoms with Crippen LogP contribution < -0.4 is 11.1 Å². The van der Waals surface area contributed by atoms with Crippen molar-refractivity contribution in [2.24, 2.45) is 10.7 Å². The first kappa shape index (κ1) is 27.0. The van der Waals surface area contributed by atoms with E-state index in [2.05, 4.69) is 51.4 Å². The highest BCUT2D eigenvalue weighted by Gasteiger charge is 2.49. The first-order chi connectivity index (χ1) is 17.0. The van der Waals surface area contributed by atoms with Gasteiger partial charge in [-0.15, -0.1) is 5.54 Å². The van der Waals surface area contributed by atoms with Crippen LogP contribution >= 0.6 is 11.6 Å². The Morgan fingerprint density at radius 3 is 2.49 bits per heavy atom. The number of aliphatic imine (C=N–C) groups is 1. The van der Waals surface area contributed by atoms with Gasteiger partial charge in [0.05, 0.1) is 16.3 Å². The summed E-state index contributed by atoms with van der Waals surface area (Å²) in [7, 11) is -5.33. The number of sulfone groups is 1. The minimum absolute atomic E-state index is 0.0530. The molecule has 1 aliphatic rings. The average Bonchev–Trinajstić information content (AvgIpc) is 2.77. The van der Waals surface area contributed by atoms with Crippen LogP contribution in [0.15, 0.2) is 41.7 Å². The maximum absolute atomic E-state index is 15.1. The van der Waals surface area contributed by atoms with E-state index < -0.39 is 34.0 Å². The Morgan fingerprint density at radius 2 is 1.84 bits per heavy atom. The lowest BCUT2D eigenvalue weighted by Gasteiger charge is -2.38. The van der Waals surface area contributed by atoms with E-state index in [1.165, 1.54) is 32.2 Å². The average molecular weight is 558 g/mol. The van der Waals surface area contributed by atoms with Gasteiger partial charge in [0.2, 0.25) is 0 Å². The second-order valence-electron chi connectivity index (χ2n) is 10.9. The number of aromatic nitrogens is 2. The van der Waals surface area contributed by atoms with Crippen LogP contribution in [0.25, 0.3) is 10.9 Å². The molecule has 3 N–H and O–H groups in total. The number of hydrogen-bond donors (Lipinski definition) is 2. The fourth-order valence-electron chi connectivity index (χ4n) is 3.97. The molecule has 194 valence electrons. The zero-order valence-corrected chi connectivity index (χ0v) is 24.1. The molecule has 0 bridgehead atoms. The molecule has 4 rings (SSSR count). The molecule has 0 saturated carbocycles. The lowest BCUT2D eigenvalue weighted by Crippen LogP contribution is -2.54. The summed E-state index contributed by atoms with van der Waals surface area (Å²) < 4.78 is 39.7. The Kier molecular flexibility index (Phi) is 6.64. The third-order valence-corrected chi connectivity index (χ3v) is 10.1. The molecule has 3 aromatic rings. The molecule has 0 spiro atoms. The SMILES string of the molecule is CC1(c2cc(Nc3ncc(C#C[Si](C)(C)C)c4cc(Cl)cnc34)ccc2F)CS(=O)(=O)C(C)(C)C(N)=N1. The second-order valence-corrected chi connectivity index (χ2v) is 18.7. The van der Waals surface area contributed by atoms with Crippen LogP contribution in [0.3, 0.4) is 0 Å². The van der Waals surface area contributed by atoms with Crippen LogP contribution in [0, 0.1) is 17.3 Å². The summed E-state index contributed by atoms with van der Waals surface area (Å²) in [6.07, 6.45) is 3.18. The van der Waals surface area contributed by atoms with Crippen molar-refractivity contribution in [1.82, 2.24) is 9.97 Å². The van der Waals surface area contributed by atoms with E-state index in [1.54, 1.807) is 25.3 Å². The molecule has 7 nitrogen and oxygen atoms in total. The molecular weight excluding hydrogens is 529 g/mol. The normalized spacial score (nSPS) is 20.6. The second kappa shape index (κ2) is 9.08. The van der Waals surface area contributed by atoms with Crippen molar-refractivity contribution in [2.45, 2.75) is 50.7 Å². The topological polar surface area (TPSA) is 110 Å². The van der Waals surface area contributed by atoms with Gasteiger partial charge in [-0.3, -0.25) is 9.98 Å². The molecule has 2 aromatic heterocycles. The van der Waals surface area contributed by atoms with Gasteiger partial charge in [-0.2, -0.15) is 0 Å². The lowest BCUT2D eigenvalue weighted by atomic mass is 9.92. The highest BCUT2D eigenvalue weighted by Crippen LogP contribution is 2.39. The Morgan fingerprint density at radius 1 is 1.14 bits per heavy atom. The quantitative estimate of drug-likeness (QED) is 0.339. The van der Waals surface area contributed by atoms with Gasteiger partial charge in [0.1, 0.15) is 35.5 Å². The molecule has 1 unspecified atom stereocenters. The molecule has 0 radical (unpaired) electrons. The fourth-order valence-corrected chi connectivity index (χ4v) is 6.32. The van der Waals surface area contributed by atoms with E-state index in [1.807, 2.05) is 0 Å². The Balaban J connectivity index is 1.79. The number of hydrogen-bond acceptors (Lipinski definition) is 7. The van der Waals surface area contributed by atoms with Crippen LogP contribution in [-0.4, -0.2) is 42.8 Å². The largest absolute Gasteiger partial charge is 0.386 e. The zero-order valence-electron chi connectivity index (χ0n) is 21.6. The van der Waals surface area contributed by atoms with Gasteiger partial charge in [-0.1, -0.05) is 37.2 Å². The fraction of sp³-hybridized carbons (Fsp3) is 0.346. The van der Waals surface area contributed by atoms with Crippen molar-refractivity contribution < 1.29 is 12.8 Å². The van der Waals surface area contributed by atoms with Gasteiger partial charge < -0.3 is 11.1 Å². The van der Waals surface area contributed by atoms with Gasteiger partial charge >= 0.3 is 0 Å². The van der Waals surface area contributed by atoms with Gasteiger partial charge in [0.25, 0.3) is 0 Å². The lowest BCUT2D eigenvalue weighted by molar-refractivity contribution is 0.476. The van der Waals surface area contributed by atoms with Gasteiger partial charge in [-0.25, -0.2) is 17.8 Å². The standard InChI is InChI=1S/C26H29ClFN5O2SSi/c1-25(2)24(29)33-26(3,15-36(25,34)35)20-12-18(7-8-21(20)28)32-23-22-19(11-17(27)14-30-22)16(13-31-23)9-10-37(4,5)6/h7-8,11-14H,15H2,1-6H3,(H2,29,33)(H,31,32). The summed E-state index contributed by atoms with van der Waals surface area (Å²) in [6.45, 7) is 11.0. The molecule has 1 atom stereocenters. The molecule has 11 heteroatoms. The zero-order chi connectivity index (χ0) is 27.4. The van der Waals surface area contributed by atoms with Crippen molar-refractivity contribution in [3.05, 3.63) is 58.6 Å². The minimum atomic E-state index is -3.70. The summed E-state index contributed by atoms with van der Waals surface area (Å²) in [5.41, 5.74) is 9.85.